The molecule has 0 bridgehead atoms. The van der Waals surface area contributed by atoms with E-state index in [1.54, 1.807) is 18.2 Å². The maximum Gasteiger partial charge on any atom is 0.216 e. The molecule has 5 nitrogen and oxygen atoms in total. The minimum atomic E-state index is -3.40. The number of benzene rings is 1. The highest BCUT2D eigenvalue weighted by Gasteiger charge is 2.18. The summed E-state index contributed by atoms with van der Waals surface area (Å²) in [5, 5.41) is 3.46. The summed E-state index contributed by atoms with van der Waals surface area (Å²) >= 11 is 11.8. The van der Waals surface area contributed by atoms with Gasteiger partial charge in [0.15, 0.2) is 0 Å². The molecule has 1 aromatic carbocycles. The van der Waals surface area contributed by atoms with Gasteiger partial charge in [-0.3, -0.25) is 4.79 Å². The fourth-order valence-corrected chi connectivity index (χ4v) is 2.82. The monoisotopic (exact) mass is 338 g/mol. The van der Waals surface area contributed by atoms with Crippen molar-refractivity contribution in [2.45, 2.75) is 13.5 Å². The summed E-state index contributed by atoms with van der Waals surface area (Å²) in [7, 11) is -3.40. The van der Waals surface area contributed by atoms with E-state index in [0.29, 0.717) is 15.6 Å². The Labute approximate surface area is 128 Å². The number of carbonyl (C=O) groups is 1. The van der Waals surface area contributed by atoms with E-state index in [-0.39, 0.29) is 25.5 Å². The van der Waals surface area contributed by atoms with E-state index in [4.69, 9.17) is 23.2 Å². The predicted molar refractivity (Wildman–Crippen MR) is 80.4 cm³/mol. The van der Waals surface area contributed by atoms with Crippen LogP contribution in [0.25, 0.3) is 0 Å². The number of carbonyl (C=O) groups excluding carboxylic acids is 1. The van der Waals surface area contributed by atoms with Crippen molar-refractivity contribution >= 4 is 39.1 Å². The normalized spacial score (nSPS) is 11.7. The summed E-state index contributed by atoms with van der Waals surface area (Å²) in [6.45, 7) is 1.93. The lowest BCUT2D eigenvalue weighted by molar-refractivity contribution is -0.118. The lowest BCUT2D eigenvalue weighted by Gasteiger charge is -2.20. The largest absolute Gasteiger partial charge is 0.355 e. The molecular weight excluding hydrogens is 323 g/mol. The summed E-state index contributed by atoms with van der Waals surface area (Å²) in [6, 6.07) is 4.89. The molecule has 0 aliphatic rings. The van der Waals surface area contributed by atoms with Gasteiger partial charge in [0.05, 0.1) is 6.26 Å². The van der Waals surface area contributed by atoms with Crippen molar-refractivity contribution in [2.75, 3.05) is 19.3 Å². The Morgan fingerprint density at radius 1 is 1.35 bits per heavy atom. The number of sulfonamides is 1. The second-order valence-corrected chi connectivity index (χ2v) is 7.14. The number of hydrogen-bond donors (Lipinski definition) is 1. The molecule has 112 valence electrons. The molecule has 1 aromatic rings. The average molecular weight is 339 g/mol. The van der Waals surface area contributed by atoms with Gasteiger partial charge in [0.25, 0.3) is 0 Å². The standard InChI is InChI=1S/C12H16Cl2N2O3S/c1-9(17)15-5-6-16(20(2,18)19)8-10-3-4-11(13)7-12(10)14/h3-4,7H,5-6,8H2,1-2H3,(H,15,17). The fraction of sp³-hybridized carbons (Fsp3) is 0.417. The smallest absolute Gasteiger partial charge is 0.216 e. The second-order valence-electron chi connectivity index (χ2n) is 4.32. The molecule has 0 aromatic heterocycles. The van der Waals surface area contributed by atoms with Crippen molar-refractivity contribution in [2.24, 2.45) is 0 Å². The van der Waals surface area contributed by atoms with Gasteiger partial charge in [-0.15, -0.1) is 0 Å². The highest BCUT2D eigenvalue weighted by molar-refractivity contribution is 7.88. The summed E-state index contributed by atoms with van der Waals surface area (Å²) in [5.74, 6) is -0.206. The summed E-state index contributed by atoms with van der Waals surface area (Å²) in [6.07, 6.45) is 1.12. The van der Waals surface area contributed by atoms with Crippen LogP contribution in [0.4, 0.5) is 0 Å². The van der Waals surface area contributed by atoms with Crippen LogP contribution in [-0.2, 0) is 21.4 Å². The molecule has 0 saturated carbocycles. The first-order valence-corrected chi connectivity index (χ1v) is 8.44. The van der Waals surface area contributed by atoms with E-state index in [1.165, 1.54) is 11.2 Å². The maximum atomic E-state index is 11.7. The molecule has 0 radical (unpaired) electrons. The Bertz CT molecular complexity index is 590. The van der Waals surface area contributed by atoms with E-state index < -0.39 is 10.0 Å². The van der Waals surface area contributed by atoms with Crippen molar-refractivity contribution in [3.63, 3.8) is 0 Å². The van der Waals surface area contributed by atoms with Crippen LogP contribution in [0.15, 0.2) is 18.2 Å². The Hall–Kier alpha value is -0.820. The lowest BCUT2D eigenvalue weighted by Crippen LogP contribution is -2.37. The van der Waals surface area contributed by atoms with Gasteiger partial charge in [-0.05, 0) is 17.7 Å². The van der Waals surface area contributed by atoms with Crippen molar-refractivity contribution in [3.8, 4) is 0 Å². The van der Waals surface area contributed by atoms with Crippen LogP contribution < -0.4 is 5.32 Å². The van der Waals surface area contributed by atoms with Crippen LogP contribution in [0.5, 0.6) is 0 Å². The molecule has 1 N–H and O–H groups in total. The Morgan fingerprint density at radius 3 is 2.50 bits per heavy atom. The quantitative estimate of drug-likeness (QED) is 0.861. The zero-order chi connectivity index (χ0) is 15.3. The minimum Gasteiger partial charge on any atom is -0.355 e. The molecular formula is C12H16Cl2N2O3S. The van der Waals surface area contributed by atoms with E-state index >= 15 is 0 Å². The van der Waals surface area contributed by atoms with Crippen LogP contribution >= 0.6 is 23.2 Å². The van der Waals surface area contributed by atoms with Gasteiger partial charge in [-0.2, -0.15) is 4.31 Å². The summed E-state index contributed by atoms with van der Waals surface area (Å²) in [4.78, 5) is 10.8. The Morgan fingerprint density at radius 2 is 2.00 bits per heavy atom. The second kappa shape index (κ2) is 7.26. The zero-order valence-corrected chi connectivity index (χ0v) is 13.5. The molecule has 0 aliphatic heterocycles. The van der Waals surface area contributed by atoms with E-state index in [1.807, 2.05) is 0 Å². The van der Waals surface area contributed by atoms with Gasteiger partial charge in [0, 0.05) is 36.6 Å². The SMILES string of the molecule is CC(=O)NCCN(Cc1ccc(Cl)cc1Cl)S(C)(=O)=O. The third-order valence-corrected chi connectivity index (χ3v) is 4.40. The number of nitrogens with one attached hydrogen (secondary N) is 1. The van der Waals surface area contributed by atoms with Crippen molar-refractivity contribution in [1.82, 2.24) is 9.62 Å². The van der Waals surface area contributed by atoms with Crippen molar-refractivity contribution in [1.29, 1.82) is 0 Å². The maximum absolute atomic E-state index is 11.7. The molecule has 20 heavy (non-hydrogen) atoms. The van der Waals surface area contributed by atoms with Crippen LogP contribution in [0.3, 0.4) is 0 Å². The zero-order valence-electron chi connectivity index (χ0n) is 11.2. The molecule has 1 amide bonds. The molecule has 0 fully saturated rings. The van der Waals surface area contributed by atoms with E-state index in [2.05, 4.69) is 5.32 Å². The Balaban J connectivity index is 2.82. The van der Waals surface area contributed by atoms with Crippen molar-refractivity contribution < 1.29 is 13.2 Å². The number of halogens is 2. The van der Waals surface area contributed by atoms with Crippen molar-refractivity contribution in [3.05, 3.63) is 33.8 Å². The molecule has 0 aliphatic carbocycles. The molecule has 0 saturated heterocycles. The van der Waals surface area contributed by atoms with Crippen LogP contribution in [0.1, 0.15) is 12.5 Å². The first-order chi connectivity index (χ1) is 9.20. The van der Waals surface area contributed by atoms with Gasteiger partial charge in [-0.1, -0.05) is 29.3 Å². The average Bonchev–Trinajstić information content (AvgIpc) is 2.28. The molecule has 0 heterocycles. The topological polar surface area (TPSA) is 66.5 Å². The first-order valence-electron chi connectivity index (χ1n) is 5.83. The third-order valence-electron chi connectivity index (χ3n) is 2.57. The fourth-order valence-electron chi connectivity index (χ4n) is 1.56. The highest BCUT2D eigenvalue weighted by Crippen LogP contribution is 2.22. The summed E-state index contributed by atoms with van der Waals surface area (Å²) in [5.41, 5.74) is 0.657. The molecule has 0 spiro atoms. The highest BCUT2D eigenvalue weighted by atomic mass is 35.5. The van der Waals surface area contributed by atoms with Crippen LogP contribution in [-0.4, -0.2) is 38.0 Å². The minimum absolute atomic E-state index is 0.133. The van der Waals surface area contributed by atoms with Gasteiger partial charge in [-0.25, -0.2) is 8.42 Å². The van der Waals surface area contributed by atoms with Gasteiger partial charge in [0.1, 0.15) is 0 Å². The number of amides is 1. The van der Waals surface area contributed by atoms with Gasteiger partial charge < -0.3 is 5.32 Å². The van der Waals surface area contributed by atoms with Crippen LogP contribution in [0, 0.1) is 0 Å². The summed E-state index contributed by atoms with van der Waals surface area (Å²) < 4.78 is 24.7. The molecule has 1 rings (SSSR count). The molecule has 0 atom stereocenters. The number of rotatable bonds is 6. The lowest BCUT2D eigenvalue weighted by atomic mass is 10.2. The third kappa shape index (κ3) is 5.66. The molecule has 8 heteroatoms. The predicted octanol–water partition coefficient (Wildman–Crippen LogP) is 1.89. The van der Waals surface area contributed by atoms with Gasteiger partial charge in [0.2, 0.25) is 15.9 Å². The van der Waals surface area contributed by atoms with Crippen LogP contribution in [0.2, 0.25) is 10.0 Å². The van der Waals surface area contributed by atoms with E-state index in [0.717, 1.165) is 6.26 Å². The number of nitrogens with zero attached hydrogens (tertiary/aromatic N) is 1. The molecule has 0 unspecified atom stereocenters. The van der Waals surface area contributed by atoms with Gasteiger partial charge >= 0.3 is 0 Å². The first kappa shape index (κ1) is 17.2. The van der Waals surface area contributed by atoms with E-state index in [9.17, 15) is 13.2 Å². The Kier molecular flexibility index (Phi) is 6.26. The number of hydrogen-bond acceptors (Lipinski definition) is 3.